The van der Waals surface area contributed by atoms with Crippen molar-refractivity contribution in [2.24, 2.45) is 0 Å². The second-order valence-corrected chi connectivity index (χ2v) is 6.59. The number of carbonyl (C=O) groups excluding carboxylic acids is 1. The maximum absolute atomic E-state index is 12.8. The number of nitrogens with zero attached hydrogens (tertiary/aromatic N) is 6. The van der Waals surface area contributed by atoms with Gasteiger partial charge in [-0.15, -0.1) is 0 Å². The van der Waals surface area contributed by atoms with Crippen LogP contribution in [0.3, 0.4) is 0 Å². The maximum Gasteiger partial charge on any atom is 0.271 e. The highest BCUT2D eigenvalue weighted by atomic mass is 16.2. The summed E-state index contributed by atoms with van der Waals surface area (Å²) in [5.41, 5.74) is 4.71. The molecule has 1 N–H and O–H groups in total. The summed E-state index contributed by atoms with van der Waals surface area (Å²) >= 11 is 0. The zero-order chi connectivity index (χ0) is 18.8. The van der Waals surface area contributed by atoms with Crippen LogP contribution in [0, 0.1) is 18.3 Å². The Morgan fingerprint density at radius 2 is 2.23 bits per heavy atom. The van der Waals surface area contributed by atoms with Crippen molar-refractivity contribution in [1.29, 1.82) is 5.26 Å². The molecule has 0 radical (unpaired) electrons. The fourth-order valence-electron chi connectivity index (χ4n) is 3.03. The van der Waals surface area contributed by atoms with Gasteiger partial charge in [-0.25, -0.2) is 9.50 Å². The molecular weight excluding hydrogens is 330 g/mol. The highest BCUT2D eigenvalue weighted by molar-refractivity contribution is 5.95. The van der Waals surface area contributed by atoms with E-state index in [1.54, 1.807) is 11.6 Å². The van der Waals surface area contributed by atoms with Crippen LogP contribution in [0.1, 0.15) is 47.8 Å². The van der Waals surface area contributed by atoms with Crippen LogP contribution in [0.15, 0.2) is 18.6 Å². The van der Waals surface area contributed by atoms with Gasteiger partial charge in [0, 0.05) is 30.9 Å². The number of amides is 1. The van der Waals surface area contributed by atoms with E-state index in [-0.39, 0.29) is 11.8 Å². The summed E-state index contributed by atoms with van der Waals surface area (Å²) in [7, 11) is 1.69. The smallest absolute Gasteiger partial charge is 0.271 e. The van der Waals surface area contributed by atoms with Gasteiger partial charge in [0.25, 0.3) is 5.91 Å². The molecular formula is C18H21N7O. The predicted octanol–water partition coefficient (Wildman–Crippen LogP) is 2.54. The van der Waals surface area contributed by atoms with Gasteiger partial charge in [0.2, 0.25) is 0 Å². The number of nitrogens with one attached hydrogen (secondary N) is 1. The molecule has 8 nitrogen and oxygen atoms in total. The third-order valence-corrected chi connectivity index (χ3v) is 4.33. The molecule has 3 rings (SSSR count). The zero-order valence-electron chi connectivity index (χ0n) is 15.3. The minimum atomic E-state index is -0.166. The normalized spacial score (nSPS) is 11.1. The van der Waals surface area contributed by atoms with Gasteiger partial charge in [-0.1, -0.05) is 13.8 Å². The lowest BCUT2D eigenvalue weighted by Gasteiger charge is -2.16. The Bertz CT molecular complexity index is 993. The molecule has 1 amide bonds. The summed E-state index contributed by atoms with van der Waals surface area (Å²) in [6.45, 7) is 6.41. The number of fused-ring (bicyclic) bond motifs is 1. The van der Waals surface area contributed by atoms with Crippen LogP contribution >= 0.6 is 0 Å². The van der Waals surface area contributed by atoms with Crippen molar-refractivity contribution < 1.29 is 4.79 Å². The Morgan fingerprint density at radius 3 is 2.92 bits per heavy atom. The van der Waals surface area contributed by atoms with Crippen LogP contribution in [0.2, 0.25) is 0 Å². The van der Waals surface area contributed by atoms with Gasteiger partial charge in [-0.05, 0) is 24.5 Å². The van der Waals surface area contributed by atoms with Gasteiger partial charge in [-0.2, -0.15) is 15.5 Å². The summed E-state index contributed by atoms with van der Waals surface area (Å²) in [6, 6.07) is 4.06. The molecule has 134 valence electrons. The number of aromatic nitrogens is 5. The molecule has 0 atom stereocenters. The molecule has 0 saturated heterocycles. The van der Waals surface area contributed by atoms with Crippen LogP contribution in [0.5, 0.6) is 0 Å². The Hall–Kier alpha value is -3.21. The maximum atomic E-state index is 12.8. The van der Waals surface area contributed by atoms with E-state index in [1.165, 1.54) is 11.2 Å². The molecule has 0 saturated carbocycles. The Kier molecular flexibility index (Phi) is 4.71. The number of hydrogen-bond donors (Lipinski definition) is 1. The lowest BCUT2D eigenvalue weighted by Crippen LogP contribution is -2.28. The Balaban J connectivity index is 2.07. The zero-order valence-corrected chi connectivity index (χ0v) is 15.3. The van der Waals surface area contributed by atoms with Gasteiger partial charge in [0.15, 0.2) is 5.65 Å². The monoisotopic (exact) mass is 351 g/mol. The lowest BCUT2D eigenvalue weighted by atomic mass is 9.96. The summed E-state index contributed by atoms with van der Waals surface area (Å²) in [4.78, 5) is 18.5. The van der Waals surface area contributed by atoms with Crippen molar-refractivity contribution in [1.82, 2.24) is 29.7 Å². The third kappa shape index (κ3) is 3.04. The number of aryl methyl sites for hydroxylation is 1. The molecule has 0 bridgehead atoms. The van der Waals surface area contributed by atoms with Gasteiger partial charge in [0.1, 0.15) is 12.0 Å². The first-order valence-corrected chi connectivity index (χ1v) is 8.45. The lowest BCUT2D eigenvalue weighted by molar-refractivity contribution is 0.0790. The minimum Gasteiger partial charge on any atom is -0.339 e. The highest BCUT2D eigenvalue weighted by Gasteiger charge is 2.25. The number of pyridine rings is 1. The molecule has 0 fully saturated rings. The fraction of sp³-hybridized carbons (Fsp3) is 0.389. The van der Waals surface area contributed by atoms with Crippen molar-refractivity contribution >= 4 is 11.6 Å². The summed E-state index contributed by atoms with van der Waals surface area (Å²) < 4.78 is 1.71. The van der Waals surface area contributed by atoms with E-state index in [0.29, 0.717) is 18.7 Å². The topological polar surface area (TPSA) is 103 Å². The molecule has 0 aromatic carbocycles. The van der Waals surface area contributed by atoms with Gasteiger partial charge in [0.05, 0.1) is 18.2 Å². The van der Waals surface area contributed by atoms with E-state index >= 15 is 0 Å². The molecule has 0 aliphatic carbocycles. The molecule has 8 heteroatoms. The number of nitriles is 1. The Labute approximate surface area is 151 Å². The average molecular weight is 351 g/mol. The second-order valence-electron chi connectivity index (χ2n) is 6.59. The predicted molar refractivity (Wildman–Crippen MR) is 96.6 cm³/mol. The molecule has 3 aromatic heterocycles. The van der Waals surface area contributed by atoms with Crippen LogP contribution in [-0.2, 0) is 0 Å². The minimum absolute atomic E-state index is 0.0961. The molecule has 0 spiro atoms. The fourth-order valence-corrected chi connectivity index (χ4v) is 3.03. The highest BCUT2D eigenvalue weighted by Crippen LogP contribution is 2.31. The summed E-state index contributed by atoms with van der Waals surface area (Å²) in [6.07, 6.45) is 3.67. The number of rotatable bonds is 5. The molecule has 0 aliphatic heterocycles. The molecule has 3 heterocycles. The van der Waals surface area contributed by atoms with Crippen molar-refractivity contribution in [3.63, 3.8) is 0 Å². The first-order chi connectivity index (χ1) is 12.4. The quantitative estimate of drug-likeness (QED) is 0.761. The van der Waals surface area contributed by atoms with Gasteiger partial charge < -0.3 is 4.90 Å². The molecule has 0 aliphatic rings. The molecule has 26 heavy (non-hydrogen) atoms. The van der Waals surface area contributed by atoms with Crippen molar-refractivity contribution in [2.75, 3.05) is 13.6 Å². The number of carbonyl (C=O) groups is 1. The Morgan fingerprint density at radius 1 is 1.46 bits per heavy atom. The van der Waals surface area contributed by atoms with E-state index in [1.807, 2.05) is 33.0 Å². The van der Waals surface area contributed by atoms with Gasteiger partial charge in [-0.3, -0.25) is 9.89 Å². The molecule has 3 aromatic rings. The van der Waals surface area contributed by atoms with E-state index < -0.39 is 0 Å². The number of H-pyrrole nitrogens is 1. The summed E-state index contributed by atoms with van der Waals surface area (Å²) in [5.74, 6) is -0.0694. The number of aromatic amines is 1. The largest absolute Gasteiger partial charge is 0.339 e. The first-order valence-electron chi connectivity index (χ1n) is 8.45. The molecule has 0 unspecified atom stereocenters. The SMILES string of the molecule is Cc1cc(-c2n[nH]c(C(=O)N(C)CCC#N)c2C(C)C)cn2ncnc12. The summed E-state index contributed by atoms with van der Waals surface area (Å²) in [5, 5.41) is 20.3. The first kappa shape index (κ1) is 17.6. The van der Waals surface area contributed by atoms with E-state index in [9.17, 15) is 4.79 Å². The number of hydrogen-bond acceptors (Lipinski definition) is 5. The van der Waals surface area contributed by atoms with Crippen LogP contribution in [0.25, 0.3) is 16.9 Å². The van der Waals surface area contributed by atoms with E-state index in [2.05, 4.69) is 26.3 Å². The van der Waals surface area contributed by atoms with Crippen LogP contribution in [0.4, 0.5) is 0 Å². The van der Waals surface area contributed by atoms with E-state index in [0.717, 1.165) is 28.0 Å². The van der Waals surface area contributed by atoms with Crippen LogP contribution in [-0.4, -0.2) is 49.2 Å². The van der Waals surface area contributed by atoms with Crippen molar-refractivity contribution in [2.45, 2.75) is 33.1 Å². The third-order valence-electron chi connectivity index (χ3n) is 4.33. The van der Waals surface area contributed by atoms with Crippen molar-refractivity contribution in [3.8, 4) is 17.3 Å². The van der Waals surface area contributed by atoms with Gasteiger partial charge >= 0.3 is 0 Å². The van der Waals surface area contributed by atoms with Crippen LogP contribution < -0.4 is 0 Å². The van der Waals surface area contributed by atoms with E-state index in [4.69, 9.17) is 5.26 Å². The second kappa shape index (κ2) is 6.96. The average Bonchev–Trinajstić information content (AvgIpc) is 3.25. The standard InChI is InChI=1S/C18H21N7O/c1-11(2)14-15(13-8-12(3)17-20-10-21-25(17)9-13)22-23-16(14)18(26)24(4)7-5-6-19/h8-11H,5,7H2,1-4H3,(H,22,23). The van der Waals surface area contributed by atoms with Crippen molar-refractivity contribution in [3.05, 3.63) is 35.4 Å².